The summed E-state index contributed by atoms with van der Waals surface area (Å²) in [6, 6.07) is 12.2. The van der Waals surface area contributed by atoms with Crippen molar-refractivity contribution in [1.29, 1.82) is 0 Å². The molecule has 0 spiro atoms. The van der Waals surface area contributed by atoms with Gasteiger partial charge in [0.15, 0.2) is 0 Å². The van der Waals surface area contributed by atoms with Gasteiger partial charge in [0, 0.05) is 11.9 Å². The van der Waals surface area contributed by atoms with E-state index in [4.69, 9.17) is 5.14 Å². The zero-order valence-corrected chi connectivity index (χ0v) is 16.6. The Kier molecular flexibility index (Phi) is 6.00. The van der Waals surface area contributed by atoms with E-state index in [1.807, 2.05) is 0 Å². The smallest absolute Gasteiger partial charge is 0.322 e. The molecule has 0 saturated heterocycles. The molecule has 1 aromatic heterocycles. The topological polar surface area (TPSA) is 111 Å². The van der Waals surface area contributed by atoms with Crippen molar-refractivity contribution in [1.82, 2.24) is 4.57 Å². The van der Waals surface area contributed by atoms with Crippen LogP contribution in [0.25, 0.3) is 0 Å². The summed E-state index contributed by atoms with van der Waals surface area (Å²) in [6.07, 6.45) is -3.04. The van der Waals surface area contributed by atoms with Crippen LogP contribution >= 0.6 is 0 Å². The lowest BCUT2D eigenvalue weighted by Gasteiger charge is -2.11. The van der Waals surface area contributed by atoms with Gasteiger partial charge < -0.3 is 9.88 Å². The van der Waals surface area contributed by atoms with Gasteiger partial charge in [-0.1, -0.05) is 12.1 Å². The Hall–Kier alpha value is -3.44. The van der Waals surface area contributed by atoms with E-state index in [1.54, 1.807) is 0 Å². The number of carbonyl (C=O) groups excluding carboxylic acids is 1. The van der Waals surface area contributed by atoms with Crippen molar-refractivity contribution in [3.63, 3.8) is 0 Å². The number of sulfonamides is 1. The van der Waals surface area contributed by atoms with E-state index in [0.717, 1.165) is 12.1 Å². The van der Waals surface area contributed by atoms with Gasteiger partial charge in [-0.15, -0.1) is 0 Å². The monoisotopic (exact) mass is 451 g/mol. The van der Waals surface area contributed by atoms with Crippen LogP contribution in [0, 0.1) is 0 Å². The Labute approximate surface area is 175 Å². The highest BCUT2D eigenvalue weighted by atomic mass is 32.2. The van der Waals surface area contributed by atoms with Crippen molar-refractivity contribution < 1.29 is 26.4 Å². The maximum Gasteiger partial charge on any atom is 0.416 e. The van der Waals surface area contributed by atoms with E-state index in [1.165, 1.54) is 59.3 Å². The van der Waals surface area contributed by atoms with Gasteiger partial charge >= 0.3 is 6.18 Å². The molecule has 3 N–H and O–H groups in total. The second kappa shape index (κ2) is 8.36. The highest BCUT2D eigenvalue weighted by Crippen LogP contribution is 2.29. The van der Waals surface area contributed by atoms with Gasteiger partial charge in [-0.05, 0) is 54.1 Å². The lowest BCUT2D eigenvalue weighted by molar-refractivity contribution is -0.137. The molecule has 3 aromatic rings. The number of nitrogens with two attached hydrogens (primary N) is 1. The van der Waals surface area contributed by atoms with Crippen LogP contribution in [0.2, 0.25) is 0 Å². The number of carbonyl (C=O) groups is 1. The molecule has 2 aromatic carbocycles. The quantitative estimate of drug-likeness (QED) is 0.621. The second-order valence-corrected chi connectivity index (χ2v) is 8.13. The normalized spacial score (nSPS) is 11.9. The summed E-state index contributed by atoms with van der Waals surface area (Å²) in [7, 11) is -3.88. The van der Waals surface area contributed by atoms with Gasteiger partial charge in [0.2, 0.25) is 10.0 Å². The molecule has 0 unspecified atom stereocenters. The highest BCUT2D eigenvalue weighted by Gasteiger charge is 2.29. The molecule has 0 radical (unpaired) electrons. The Balaban J connectivity index is 1.78. The Bertz CT molecular complexity index is 1270. The third-order valence-corrected chi connectivity index (χ3v) is 5.27. The van der Waals surface area contributed by atoms with E-state index >= 15 is 0 Å². The van der Waals surface area contributed by atoms with Crippen LogP contribution in [0.4, 0.5) is 18.9 Å². The summed E-state index contributed by atoms with van der Waals surface area (Å²) in [4.78, 5) is 25.0. The molecule has 3 rings (SSSR count). The Morgan fingerprint density at radius 3 is 2.16 bits per heavy atom. The number of benzene rings is 2. The zero-order chi connectivity index (χ0) is 22.8. The number of nitrogens with zero attached hydrogens (tertiary/aromatic N) is 1. The Morgan fingerprint density at radius 1 is 1.00 bits per heavy atom. The average molecular weight is 451 g/mol. The maximum absolute atomic E-state index is 12.7. The number of rotatable bonds is 5. The number of hydrogen-bond acceptors (Lipinski definition) is 4. The minimum absolute atomic E-state index is 0.0266. The summed E-state index contributed by atoms with van der Waals surface area (Å²) in [6.45, 7) is -0.0266. The van der Waals surface area contributed by atoms with Gasteiger partial charge in [-0.3, -0.25) is 9.59 Å². The molecule has 7 nitrogen and oxygen atoms in total. The van der Waals surface area contributed by atoms with Crippen LogP contribution in [0.1, 0.15) is 21.5 Å². The number of halogens is 3. The largest absolute Gasteiger partial charge is 0.416 e. The van der Waals surface area contributed by atoms with Gasteiger partial charge in [0.1, 0.15) is 5.56 Å². The summed E-state index contributed by atoms with van der Waals surface area (Å²) in [5.41, 5.74) is -0.933. The number of anilines is 1. The molecular formula is C20H16F3N3O4S. The number of alkyl halides is 3. The van der Waals surface area contributed by atoms with Crippen molar-refractivity contribution in [3.8, 4) is 0 Å². The van der Waals surface area contributed by atoms with Crippen LogP contribution in [0.15, 0.2) is 76.6 Å². The molecule has 1 heterocycles. The van der Waals surface area contributed by atoms with Gasteiger partial charge in [0.05, 0.1) is 17.0 Å². The molecule has 1 amide bonds. The van der Waals surface area contributed by atoms with Crippen LogP contribution < -0.4 is 16.0 Å². The first-order chi connectivity index (χ1) is 14.4. The minimum Gasteiger partial charge on any atom is -0.322 e. The molecule has 0 bridgehead atoms. The van der Waals surface area contributed by atoms with Crippen LogP contribution in [0.3, 0.4) is 0 Å². The number of nitrogens with one attached hydrogen (secondary N) is 1. The van der Waals surface area contributed by atoms with Crippen molar-refractivity contribution in [2.75, 3.05) is 5.32 Å². The number of amides is 1. The van der Waals surface area contributed by atoms with Crippen molar-refractivity contribution in [2.24, 2.45) is 5.14 Å². The molecule has 0 saturated carbocycles. The van der Waals surface area contributed by atoms with E-state index in [0.29, 0.717) is 5.56 Å². The fourth-order valence-electron chi connectivity index (χ4n) is 2.76. The molecule has 0 aliphatic carbocycles. The number of primary sulfonamides is 1. The summed E-state index contributed by atoms with van der Waals surface area (Å²) in [5.74, 6) is -0.727. The molecule has 0 aliphatic rings. The third kappa shape index (κ3) is 5.38. The SMILES string of the molecule is NS(=O)(=O)c1ccc(NC(=O)c2cccn(Cc3ccc(C(F)(F)F)cc3)c2=O)cc1. The zero-order valence-electron chi connectivity index (χ0n) is 15.8. The molecule has 0 aliphatic heterocycles. The maximum atomic E-state index is 12.7. The van der Waals surface area contributed by atoms with Crippen molar-refractivity contribution in [2.45, 2.75) is 17.6 Å². The fraction of sp³-hybridized carbons (Fsp3) is 0.100. The first-order valence-corrected chi connectivity index (χ1v) is 10.3. The van der Waals surface area contributed by atoms with E-state index in [9.17, 15) is 31.2 Å². The highest BCUT2D eigenvalue weighted by molar-refractivity contribution is 7.89. The molecule has 0 atom stereocenters. The first-order valence-electron chi connectivity index (χ1n) is 8.75. The summed E-state index contributed by atoms with van der Waals surface area (Å²) in [5, 5.41) is 7.49. The van der Waals surface area contributed by atoms with Crippen LogP contribution in [-0.2, 0) is 22.7 Å². The average Bonchev–Trinajstić information content (AvgIpc) is 2.69. The second-order valence-electron chi connectivity index (χ2n) is 6.57. The lowest BCUT2D eigenvalue weighted by atomic mass is 10.1. The number of pyridine rings is 1. The van der Waals surface area contributed by atoms with Crippen LogP contribution in [-0.4, -0.2) is 18.9 Å². The lowest BCUT2D eigenvalue weighted by Crippen LogP contribution is -2.29. The Morgan fingerprint density at radius 2 is 1.61 bits per heavy atom. The van der Waals surface area contributed by atoms with E-state index in [-0.39, 0.29) is 22.7 Å². The molecular weight excluding hydrogens is 435 g/mol. The fourth-order valence-corrected chi connectivity index (χ4v) is 3.27. The molecule has 11 heteroatoms. The summed E-state index contributed by atoms with van der Waals surface area (Å²) >= 11 is 0. The standard InChI is InChI=1S/C20H16F3N3O4S/c21-20(22,23)14-5-3-13(4-6-14)12-26-11-1-2-17(19(26)28)18(27)25-15-7-9-16(10-8-15)31(24,29)30/h1-11H,12H2,(H,25,27)(H2,24,29,30). The van der Waals surface area contributed by atoms with Crippen LogP contribution in [0.5, 0.6) is 0 Å². The van der Waals surface area contributed by atoms with Crippen molar-refractivity contribution in [3.05, 3.63) is 93.9 Å². The van der Waals surface area contributed by atoms with Gasteiger partial charge in [0.25, 0.3) is 11.5 Å². The van der Waals surface area contributed by atoms with Gasteiger partial charge in [-0.2, -0.15) is 13.2 Å². The molecule has 0 fully saturated rings. The predicted octanol–water partition coefficient (Wildman–Crippen LogP) is 2.82. The van der Waals surface area contributed by atoms with Crippen molar-refractivity contribution >= 4 is 21.6 Å². The number of hydrogen-bond donors (Lipinski definition) is 2. The first kappa shape index (κ1) is 22.2. The predicted molar refractivity (Wildman–Crippen MR) is 107 cm³/mol. The van der Waals surface area contributed by atoms with Gasteiger partial charge in [-0.25, -0.2) is 13.6 Å². The molecule has 31 heavy (non-hydrogen) atoms. The van der Waals surface area contributed by atoms with E-state index in [2.05, 4.69) is 5.32 Å². The van der Waals surface area contributed by atoms with E-state index < -0.39 is 33.2 Å². The molecule has 162 valence electrons. The third-order valence-electron chi connectivity index (χ3n) is 4.34. The minimum atomic E-state index is -4.46. The summed E-state index contributed by atoms with van der Waals surface area (Å²) < 4.78 is 61.8. The number of aromatic nitrogens is 1.